The number of amides is 2. The van der Waals surface area contributed by atoms with Crippen LogP contribution in [0, 0.1) is 22.2 Å². The van der Waals surface area contributed by atoms with E-state index in [1.165, 1.54) is 11.0 Å². The van der Waals surface area contributed by atoms with Crippen LogP contribution in [0.5, 0.6) is 0 Å². The van der Waals surface area contributed by atoms with Crippen molar-refractivity contribution in [2.45, 2.75) is 58.7 Å². The van der Waals surface area contributed by atoms with Crippen LogP contribution in [0.15, 0.2) is 18.2 Å². The standard InChI is InChI=1S/C25H33F3N4O2/c1-6-23(2,3)22(34)32-16-24(14-20(32)21(33)30(4)5)9-11-31(12-10-24)18-8-7-17(15-29)19(13-18)25(26,27)28/h7-8,13,20H,6,9-12,14,16H2,1-5H3. The van der Waals surface area contributed by atoms with E-state index in [0.717, 1.165) is 6.07 Å². The topological polar surface area (TPSA) is 67.6 Å². The summed E-state index contributed by atoms with van der Waals surface area (Å²) in [5, 5.41) is 9.05. The van der Waals surface area contributed by atoms with Gasteiger partial charge in [-0.3, -0.25) is 9.59 Å². The summed E-state index contributed by atoms with van der Waals surface area (Å²) >= 11 is 0. The summed E-state index contributed by atoms with van der Waals surface area (Å²) in [6, 6.07) is 4.91. The zero-order chi connectivity index (χ0) is 25.5. The summed E-state index contributed by atoms with van der Waals surface area (Å²) in [7, 11) is 3.37. The van der Waals surface area contributed by atoms with E-state index in [1.54, 1.807) is 31.1 Å². The van der Waals surface area contributed by atoms with Gasteiger partial charge in [0.05, 0.1) is 17.2 Å². The van der Waals surface area contributed by atoms with Gasteiger partial charge in [0.15, 0.2) is 0 Å². The Kier molecular flexibility index (Phi) is 6.94. The van der Waals surface area contributed by atoms with Gasteiger partial charge in [-0.25, -0.2) is 0 Å². The average molecular weight is 479 g/mol. The maximum absolute atomic E-state index is 13.4. The molecule has 2 aliphatic heterocycles. The highest BCUT2D eigenvalue weighted by atomic mass is 19.4. The molecule has 2 aliphatic rings. The lowest BCUT2D eigenvalue weighted by Gasteiger charge is -2.40. The third-order valence-corrected chi connectivity index (χ3v) is 7.58. The number of piperidine rings is 1. The molecule has 1 unspecified atom stereocenters. The Labute approximate surface area is 199 Å². The quantitative estimate of drug-likeness (QED) is 0.648. The number of carbonyl (C=O) groups excluding carboxylic acids is 2. The first-order valence-electron chi connectivity index (χ1n) is 11.6. The summed E-state index contributed by atoms with van der Waals surface area (Å²) in [6.07, 6.45) is -2.04. The minimum atomic E-state index is -4.60. The van der Waals surface area contributed by atoms with Gasteiger partial charge < -0.3 is 14.7 Å². The zero-order valence-corrected chi connectivity index (χ0v) is 20.5. The number of benzene rings is 1. The van der Waals surface area contributed by atoms with Crippen LogP contribution in [0.2, 0.25) is 0 Å². The number of nitrogens with zero attached hydrogens (tertiary/aromatic N) is 4. The predicted octanol–water partition coefficient (Wildman–Crippen LogP) is 4.29. The van der Waals surface area contributed by atoms with Crippen LogP contribution in [-0.4, -0.2) is 61.4 Å². The molecule has 0 aliphatic carbocycles. The second kappa shape index (κ2) is 9.12. The number of halogens is 3. The Bertz CT molecular complexity index is 989. The zero-order valence-electron chi connectivity index (χ0n) is 20.5. The van der Waals surface area contributed by atoms with Crippen molar-refractivity contribution in [1.82, 2.24) is 9.80 Å². The molecule has 1 aromatic carbocycles. The van der Waals surface area contributed by atoms with E-state index in [2.05, 4.69) is 0 Å². The monoisotopic (exact) mass is 478 g/mol. The van der Waals surface area contributed by atoms with Gasteiger partial charge in [-0.1, -0.05) is 20.8 Å². The van der Waals surface area contributed by atoms with Crippen LogP contribution >= 0.6 is 0 Å². The van der Waals surface area contributed by atoms with Gasteiger partial charge >= 0.3 is 6.18 Å². The molecule has 1 spiro atoms. The van der Waals surface area contributed by atoms with Crippen molar-refractivity contribution in [3.05, 3.63) is 29.3 Å². The van der Waals surface area contributed by atoms with E-state index in [4.69, 9.17) is 5.26 Å². The van der Waals surface area contributed by atoms with E-state index in [-0.39, 0.29) is 17.2 Å². The number of likely N-dealkylation sites (tertiary alicyclic amines) is 1. The molecule has 2 fully saturated rings. The molecule has 0 N–H and O–H groups in total. The van der Waals surface area contributed by atoms with Crippen LogP contribution in [-0.2, 0) is 15.8 Å². The normalized spacial score (nSPS) is 20.4. The first-order valence-corrected chi connectivity index (χ1v) is 11.6. The van der Waals surface area contributed by atoms with E-state index in [9.17, 15) is 22.8 Å². The Hall–Kier alpha value is -2.76. The molecule has 2 saturated heterocycles. The van der Waals surface area contributed by atoms with Gasteiger partial charge in [-0.15, -0.1) is 0 Å². The molecule has 186 valence electrons. The maximum atomic E-state index is 13.4. The molecule has 0 radical (unpaired) electrons. The fourth-order valence-corrected chi connectivity index (χ4v) is 4.99. The summed E-state index contributed by atoms with van der Waals surface area (Å²) in [5.74, 6) is -0.127. The molecule has 9 heteroatoms. The summed E-state index contributed by atoms with van der Waals surface area (Å²) in [6.45, 7) is 7.26. The molecule has 0 bridgehead atoms. The van der Waals surface area contributed by atoms with Crippen LogP contribution < -0.4 is 4.90 Å². The lowest BCUT2D eigenvalue weighted by atomic mass is 9.76. The van der Waals surface area contributed by atoms with Crippen molar-refractivity contribution in [2.75, 3.05) is 38.6 Å². The summed E-state index contributed by atoms with van der Waals surface area (Å²) in [5.41, 5.74) is -1.71. The number of anilines is 1. The lowest BCUT2D eigenvalue weighted by molar-refractivity contribution is -0.148. The van der Waals surface area contributed by atoms with Crippen molar-refractivity contribution >= 4 is 17.5 Å². The molecule has 1 aromatic rings. The molecule has 6 nitrogen and oxygen atoms in total. The van der Waals surface area contributed by atoms with Crippen LogP contribution in [0.4, 0.5) is 18.9 Å². The number of hydrogen-bond acceptors (Lipinski definition) is 4. The minimum Gasteiger partial charge on any atom is -0.371 e. The van der Waals surface area contributed by atoms with E-state index >= 15 is 0 Å². The number of likely N-dealkylation sites (N-methyl/N-ethyl adjacent to an activating group) is 1. The summed E-state index contributed by atoms with van der Waals surface area (Å²) < 4.78 is 40.2. The second-order valence-corrected chi connectivity index (χ2v) is 10.4. The SMILES string of the molecule is CCC(C)(C)C(=O)N1CC2(CCN(c3ccc(C#N)c(C(F)(F)F)c3)CC2)CC1C(=O)N(C)C. The van der Waals surface area contributed by atoms with Crippen molar-refractivity contribution in [2.24, 2.45) is 10.8 Å². The molecular formula is C25H33F3N4O2. The smallest absolute Gasteiger partial charge is 0.371 e. The second-order valence-electron chi connectivity index (χ2n) is 10.4. The largest absolute Gasteiger partial charge is 0.417 e. The van der Waals surface area contributed by atoms with E-state index < -0.39 is 28.8 Å². The Balaban J connectivity index is 1.82. The van der Waals surface area contributed by atoms with Gasteiger partial charge in [0.25, 0.3) is 0 Å². The first kappa shape index (κ1) is 25.9. The number of carbonyl (C=O) groups is 2. The van der Waals surface area contributed by atoms with E-state index in [1.807, 2.05) is 25.7 Å². The number of alkyl halides is 3. The van der Waals surface area contributed by atoms with Gasteiger partial charge in [-0.2, -0.15) is 18.4 Å². The van der Waals surface area contributed by atoms with E-state index in [0.29, 0.717) is 51.0 Å². The summed E-state index contributed by atoms with van der Waals surface area (Å²) in [4.78, 5) is 31.5. The van der Waals surface area contributed by atoms with Gasteiger partial charge in [0, 0.05) is 44.8 Å². The molecule has 0 saturated carbocycles. The molecule has 3 rings (SSSR count). The Morgan fingerprint density at radius 2 is 1.82 bits per heavy atom. The van der Waals surface area contributed by atoms with Gasteiger partial charge in [0.1, 0.15) is 6.04 Å². The molecule has 2 amide bonds. The molecular weight excluding hydrogens is 445 g/mol. The van der Waals surface area contributed by atoms with Crippen molar-refractivity contribution < 1.29 is 22.8 Å². The third-order valence-electron chi connectivity index (χ3n) is 7.58. The minimum absolute atomic E-state index is 0.0311. The van der Waals surface area contributed by atoms with Crippen molar-refractivity contribution in [3.8, 4) is 6.07 Å². The molecule has 34 heavy (non-hydrogen) atoms. The number of rotatable bonds is 4. The first-order chi connectivity index (χ1) is 15.7. The van der Waals surface area contributed by atoms with Gasteiger partial charge in [-0.05, 0) is 49.3 Å². The van der Waals surface area contributed by atoms with Crippen LogP contribution in [0.3, 0.4) is 0 Å². The highest BCUT2D eigenvalue weighted by molar-refractivity contribution is 5.90. The van der Waals surface area contributed by atoms with Crippen molar-refractivity contribution in [1.29, 1.82) is 5.26 Å². The van der Waals surface area contributed by atoms with Gasteiger partial charge in [0.2, 0.25) is 11.8 Å². The predicted molar refractivity (Wildman–Crippen MR) is 123 cm³/mol. The van der Waals surface area contributed by atoms with Crippen LogP contribution in [0.1, 0.15) is 57.6 Å². The molecule has 2 heterocycles. The van der Waals surface area contributed by atoms with Crippen LogP contribution in [0.25, 0.3) is 0 Å². The lowest BCUT2D eigenvalue weighted by Crippen LogP contribution is -2.49. The highest BCUT2D eigenvalue weighted by Gasteiger charge is 2.51. The fraction of sp³-hybridized carbons (Fsp3) is 0.640. The number of hydrogen-bond donors (Lipinski definition) is 0. The number of nitriles is 1. The van der Waals surface area contributed by atoms with Crippen molar-refractivity contribution in [3.63, 3.8) is 0 Å². The average Bonchev–Trinajstić information content (AvgIpc) is 3.16. The highest BCUT2D eigenvalue weighted by Crippen LogP contribution is 2.46. The fourth-order valence-electron chi connectivity index (χ4n) is 4.99. The Morgan fingerprint density at radius 1 is 1.21 bits per heavy atom. The Morgan fingerprint density at radius 3 is 2.32 bits per heavy atom. The maximum Gasteiger partial charge on any atom is 0.417 e. The molecule has 1 atom stereocenters. The molecule has 0 aromatic heterocycles. The third kappa shape index (κ3) is 4.86.